The Balaban J connectivity index is 2.54. The van der Waals surface area contributed by atoms with Gasteiger partial charge in [-0.25, -0.2) is 4.79 Å². The van der Waals surface area contributed by atoms with Crippen molar-refractivity contribution in [3.63, 3.8) is 0 Å². The Kier molecular flexibility index (Phi) is 6.26. The number of hydrogen-bond donors (Lipinski definition) is 3. The molecule has 1 rings (SSSR count). The van der Waals surface area contributed by atoms with Gasteiger partial charge in [0.2, 0.25) is 0 Å². The third-order valence-electron chi connectivity index (χ3n) is 4.09. The number of amides is 2. The van der Waals surface area contributed by atoms with Crippen molar-refractivity contribution in [3.05, 3.63) is 0 Å². The lowest BCUT2D eigenvalue weighted by Gasteiger charge is -2.28. The molecule has 6 nitrogen and oxygen atoms in total. The van der Waals surface area contributed by atoms with Crippen LogP contribution in [0.15, 0.2) is 0 Å². The number of ether oxygens (including phenoxy) is 1. The van der Waals surface area contributed by atoms with Crippen molar-refractivity contribution in [2.75, 3.05) is 13.7 Å². The van der Waals surface area contributed by atoms with Crippen LogP contribution in [0, 0.1) is 5.41 Å². The summed E-state index contributed by atoms with van der Waals surface area (Å²) in [7, 11) is 1.60. The highest BCUT2D eigenvalue weighted by atomic mass is 16.5. The fourth-order valence-corrected chi connectivity index (χ4v) is 2.79. The van der Waals surface area contributed by atoms with Crippen LogP contribution < -0.4 is 10.6 Å². The number of aliphatic carboxylic acids is 1. The standard InChI is InChI=1S/C14H26N2O4/c1-4-6-10(9-20-3)15-13(19)16-11-7-5-8-14(11,2)12(17)18/h10-11H,4-9H2,1-3H3,(H,17,18)(H2,15,16,19). The van der Waals surface area contributed by atoms with Crippen molar-refractivity contribution in [3.8, 4) is 0 Å². The SMILES string of the molecule is CCCC(COC)NC(=O)NC1CCCC1(C)C(=O)O. The van der Waals surface area contributed by atoms with E-state index in [1.54, 1.807) is 14.0 Å². The molecule has 0 aromatic rings. The van der Waals surface area contributed by atoms with E-state index in [1.165, 1.54) is 0 Å². The van der Waals surface area contributed by atoms with Crippen molar-refractivity contribution in [1.82, 2.24) is 10.6 Å². The maximum atomic E-state index is 12.0. The number of urea groups is 1. The van der Waals surface area contributed by atoms with Crippen LogP contribution >= 0.6 is 0 Å². The molecule has 2 amide bonds. The van der Waals surface area contributed by atoms with Gasteiger partial charge in [0.05, 0.1) is 18.1 Å². The Morgan fingerprint density at radius 2 is 2.20 bits per heavy atom. The Bertz CT molecular complexity index is 342. The number of nitrogens with one attached hydrogen (secondary N) is 2. The first-order valence-electron chi connectivity index (χ1n) is 7.23. The zero-order chi connectivity index (χ0) is 15.2. The number of carboxylic acid groups (broad SMARTS) is 1. The minimum atomic E-state index is -0.862. The largest absolute Gasteiger partial charge is 0.481 e. The topological polar surface area (TPSA) is 87.7 Å². The number of hydrogen-bond acceptors (Lipinski definition) is 3. The summed E-state index contributed by atoms with van der Waals surface area (Å²) in [5.41, 5.74) is -0.862. The van der Waals surface area contributed by atoms with Crippen molar-refractivity contribution in [2.24, 2.45) is 5.41 Å². The molecule has 3 unspecified atom stereocenters. The van der Waals surface area contributed by atoms with Gasteiger partial charge in [0.1, 0.15) is 0 Å². The highest BCUT2D eigenvalue weighted by Crippen LogP contribution is 2.38. The molecule has 0 aromatic heterocycles. The number of rotatable bonds is 7. The molecule has 6 heteroatoms. The number of carbonyl (C=O) groups is 2. The first-order valence-corrected chi connectivity index (χ1v) is 7.23. The second kappa shape index (κ2) is 7.47. The van der Waals surface area contributed by atoms with Crippen LogP contribution in [0.3, 0.4) is 0 Å². The minimum Gasteiger partial charge on any atom is -0.481 e. The summed E-state index contributed by atoms with van der Waals surface area (Å²) in [6.45, 7) is 4.20. The van der Waals surface area contributed by atoms with Crippen LogP contribution in [0.5, 0.6) is 0 Å². The first kappa shape index (κ1) is 16.8. The van der Waals surface area contributed by atoms with Gasteiger partial charge in [0.15, 0.2) is 0 Å². The third-order valence-corrected chi connectivity index (χ3v) is 4.09. The van der Waals surface area contributed by atoms with E-state index in [2.05, 4.69) is 10.6 Å². The molecule has 3 N–H and O–H groups in total. The fraction of sp³-hybridized carbons (Fsp3) is 0.857. The van der Waals surface area contributed by atoms with E-state index in [1.807, 2.05) is 6.92 Å². The molecule has 1 fully saturated rings. The molecule has 0 radical (unpaired) electrons. The van der Waals surface area contributed by atoms with Crippen LogP contribution in [0.1, 0.15) is 46.0 Å². The molecule has 20 heavy (non-hydrogen) atoms. The van der Waals surface area contributed by atoms with Crippen LogP contribution in [0.4, 0.5) is 4.79 Å². The highest BCUT2D eigenvalue weighted by molar-refractivity contribution is 5.79. The van der Waals surface area contributed by atoms with Gasteiger partial charge in [-0.05, 0) is 26.2 Å². The number of carbonyl (C=O) groups excluding carboxylic acids is 1. The Hall–Kier alpha value is -1.30. The molecule has 0 spiro atoms. The van der Waals surface area contributed by atoms with Crippen molar-refractivity contribution < 1.29 is 19.4 Å². The average Bonchev–Trinajstić information content (AvgIpc) is 2.73. The van der Waals surface area contributed by atoms with Gasteiger partial charge >= 0.3 is 12.0 Å². The number of carboxylic acids is 1. The summed E-state index contributed by atoms with van der Waals surface area (Å²) in [6, 6.07) is -0.660. The molecule has 116 valence electrons. The molecule has 0 heterocycles. The van der Waals surface area contributed by atoms with E-state index in [0.29, 0.717) is 19.4 Å². The van der Waals surface area contributed by atoms with Gasteiger partial charge in [-0.3, -0.25) is 4.79 Å². The normalized spacial score (nSPS) is 27.1. The lowest BCUT2D eigenvalue weighted by molar-refractivity contribution is -0.148. The Morgan fingerprint density at radius 1 is 1.50 bits per heavy atom. The van der Waals surface area contributed by atoms with E-state index in [-0.39, 0.29) is 18.1 Å². The zero-order valence-corrected chi connectivity index (χ0v) is 12.6. The molecular formula is C14H26N2O4. The zero-order valence-electron chi connectivity index (χ0n) is 12.6. The lowest BCUT2D eigenvalue weighted by Crippen LogP contribution is -2.52. The van der Waals surface area contributed by atoms with E-state index in [4.69, 9.17) is 4.74 Å². The van der Waals surface area contributed by atoms with Gasteiger partial charge < -0.3 is 20.5 Å². The molecular weight excluding hydrogens is 260 g/mol. The van der Waals surface area contributed by atoms with E-state index >= 15 is 0 Å². The van der Waals surface area contributed by atoms with E-state index < -0.39 is 11.4 Å². The summed E-state index contributed by atoms with van der Waals surface area (Å²) in [5, 5.41) is 15.0. The lowest BCUT2D eigenvalue weighted by atomic mass is 9.85. The predicted octanol–water partition coefficient (Wildman–Crippen LogP) is 1.74. The van der Waals surface area contributed by atoms with Crippen LogP contribution in [-0.4, -0.2) is 42.9 Å². The summed E-state index contributed by atoms with van der Waals surface area (Å²) in [4.78, 5) is 23.3. The molecule has 1 aliphatic rings. The monoisotopic (exact) mass is 286 g/mol. The van der Waals surface area contributed by atoms with E-state index in [0.717, 1.165) is 19.3 Å². The van der Waals surface area contributed by atoms with Gasteiger partial charge in [-0.2, -0.15) is 0 Å². The van der Waals surface area contributed by atoms with Crippen molar-refractivity contribution in [2.45, 2.75) is 58.0 Å². The molecule has 1 saturated carbocycles. The van der Waals surface area contributed by atoms with Crippen molar-refractivity contribution in [1.29, 1.82) is 0 Å². The van der Waals surface area contributed by atoms with Gasteiger partial charge in [0.25, 0.3) is 0 Å². The van der Waals surface area contributed by atoms with E-state index in [9.17, 15) is 14.7 Å². The molecule has 1 aliphatic carbocycles. The molecule has 0 aromatic carbocycles. The predicted molar refractivity (Wildman–Crippen MR) is 75.6 cm³/mol. The molecule has 3 atom stereocenters. The molecule has 0 bridgehead atoms. The summed E-state index contributed by atoms with van der Waals surface area (Å²) < 4.78 is 5.07. The number of methoxy groups -OCH3 is 1. The summed E-state index contributed by atoms with van der Waals surface area (Å²) in [6.07, 6.45) is 3.92. The Morgan fingerprint density at radius 3 is 2.75 bits per heavy atom. The smallest absolute Gasteiger partial charge is 0.315 e. The average molecular weight is 286 g/mol. The van der Waals surface area contributed by atoms with Gasteiger partial charge in [-0.1, -0.05) is 19.8 Å². The Labute approximate surface area is 120 Å². The summed E-state index contributed by atoms with van der Waals surface area (Å²) >= 11 is 0. The first-order chi connectivity index (χ1) is 9.43. The van der Waals surface area contributed by atoms with Crippen LogP contribution in [0.2, 0.25) is 0 Å². The summed E-state index contributed by atoms with van der Waals surface area (Å²) in [5.74, 6) is -0.845. The second-order valence-electron chi connectivity index (χ2n) is 5.73. The fourth-order valence-electron chi connectivity index (χ4n) is 2.79. The van der Waals surface area contributed by atoms with Crippen molar-refractivity contribution >= 4 is 12.0 Å². The molecule has 0 saturated heterocycles. The van der Waals surface area contributed by atoms with Crippen LogP contribution in [0.25, 0.3) is 0 Å². The van der Waals surface area contributed by atoms with Gasteiger partial charge in [0, 0.05) is 13.2 Å². The third kappa shape index (κ3) is 4.10. The highest BCUT2D eigenvalue weighted by Gasteiger charge is 2.45. The second-order valence-corrected chi connectivity index (χ2v) is 5.73. The van der Waals surface area contributed by atoms with Gasteiger partial charge in [-0.15, -0.1) is 0 Å². The van der Waals surface area contributed by atoms with Crippen LogP contribution in [-0.2, 0) is 9.53 Å². The molecule has 0 aliphatic heterocycles. The maximum absolute atomic E-state index is 12.0. The minimum absolute atomic E-state index is 0.0394. The maximum Gasteiger partial charge on any atom is 0.315 e. The quantitative estimate of drug-likeness (QED) is 0.665.